The number of hydrogen-bond donors (Lipinski definition) is 3. The Labute approximate surface area is 285 Å². The third-order valence-electron chi connectivity index (χ3n) is 9.35. The molecule has 0 spiro atoms. The van der Waals surface area contributed by atoms with Gasteiger partial charge in [0.25, 0.3) is 0 Å². The summed E-state index contributed by atoms with van der Waals surface area (Å²) in [5.41, 5.74) is 1.46. The molecule has 268 valence electrons. The molecule has 2 aromatic rings. The van der Waals surface area contributed by atoms with Crippen molar-refractivity contribution in [3.63, 3.8) is 0 Å². The number of likely N-dealkylation sites (N-methyl/N-ethyl adjacent to an activating group) is 1. The third kappa shape index (κ3) is 11.9. The molecule has 4 unspecified atom stereocenters. The number of amides is 2. The summed E-state index contributed by atoms with van der Waals surface area (Å²) in [6.45, 7) is 9.70. The third-order valence-corrected chi connectivity index (χ3v) is 9.35. The summed E-state index contributed by atoms with van der Waals surface area (Å²) in [4.78, 5) is 52.5. The molecule has 11 heteroatoms. The number of ether oxygens (including phenoxy) is 2. The number of benzene rings is 1. The fraction of sp³-hybridized carbons (Fsp3) is 0.676. The Kier molecular flexibility index (Phi) is 15.4. The highest BCUT2D eigenvalue weighted by Crippen LogP contribution is 2.38. The first-order chi connectivity index (χ1) is 22.9. The summed E-state index contributed by atoms with van der Waals surface area (Å²) in [5, 5.41) is 6.52. The lowest BCUT2D eigenvalue weighted by atomic mass is 9.76. The maximum Gasteiger partial charge on any atom is 0.407 e. The van der Waals surface area contributed by atoms with Crippen molar-refractivity contribution in [1.29, 1.82) is 0 Å². The summed E-state index contributed by atoms with van der Waals surface area (Å²) >= 11 is 0. The molecular formula is C37H57FN4O6. The molecule has 1 saturated heterocycles. The van der Waals surface area contributed by atoms with E-state index in [1.54, 1.807) is 33.8 Å². The van der Waals surface area contributed by atoms with Gasteiger partial charge in [0.1, 0.15) is 24.3 Å². The van der Waals surface area contributed by atoms with Crippen molar-refractivity contribution >= 4 is 40.8 Å². The maximum atomic E-state index is 13.2. The molecule has 2 heterocycles. The van der Waals surface area contributed by atoms with E-state index in [0.29, 0.717) is 37.0 Å². The van der Waals surface area contributed by atoms with Gasteiger partial charge in [-0.05, 0) is 103 Å². The summed E-state index contributed by atoms with van der Waals surface area (Å²) in [6.07, 6.45) is 10.6. The fourth-order valence-electron chi connectivity index (χ4n) is 6.83. The highest BCUT2D eigenvalue weighted by atomic mass is 19.1. The smallest absolute Gasteiger partial charge is 0.407 e. The van der Waals surface area contributed by atoms with Gasteiger partial charge in [0.2, 0.25) is 5.91 Å². The number of H-pyrrole nitrogens is 1. The number of aromatic nitrogens is 1. The van der Waals surface area contributed by atoms with Gasteiger partial charge in [-0.1, -0.05) is 45.4 Å². The van der Waals surface area contributed by atoms with E-state index in [2.05, 4.69) is 27.6 Å². The van der Waals surface area contributed by atoms with Crippen molar-refractivity contribution in [1.82, 2.24) is 15.2 Å². The predicted molar refractivity (Wildman–Crippen MR) is 187 cm³/mol. The first kappa shape index (κ1) is 39.0. The van der Waals surface area contributed by atoms with E-state index in [-0.39, 0.29) is 23.8 Å². The van der Waals surface area contributed by atoms with E-state index in [9.17, 15) is 23.6 Å². The van der Waals surface area contributed by atoms with Crippen LogP contribution in [0.4, 0.5) is 14.9 Å². The lowest BCUT2D eigenvalue weighted by Gasteiger charge is -2.32. The van der Waals surface area contributed by atoms with E-state index in [0.717, 1.165) is 48.7 Å². The number of esters is 1. The van der Waals surface area contributed by atoms with Crippen molar-refractivity contribution in [2.24, 2.45) is 17.8 Å². The van der Waals surface area contributed by atoms with Crippen molar-refractivity contribution in [2.75, 3.05) is 32.2 Å². The molecule has 1 saturated carbocycles. The number of nitrogens with zero attached hydrogens (tertiary/aromatic N) is 1. The van der Waals surface area contributed by atoms with Crippen LogP contribution < -0.4 is 10.6 Å². The quantitative estimate of drug-likeness (QED) is 0.149. The molecule has 2 fully saturated rings. The van der Waals surface area contributed by atoms with Gasteiger partial charge in [-0.25, -0.2) is 14.0 Å². The normalized spacial score (nSPS) is 19.9. The first-order valence-electron chi connectivity index (χ1n) is 17.7. The molecule has 1 aliphatic carbocycles. The number of aldehydes is 1. The highest BCUT2D eigenvalue weighted by molar-refractivity contribution is 5.99. The Hall–Kier alpha value is -3.47. The number of alkyl carbamates (subject to hydrolysis) is 1. The fourth-order valence-corrected chi connectivity index (χ4v) is 6.83. The Balaban J connectivity index is 0.000000288. The number of anilines is 1. The van der Waals surface area contributed by atoms with Gasteiger partial charge in [0, 0.05) is 22.5 Å². The first-order valence-corrected chi connectivity index (χ1v) is 17.7. The standard InChI is InChI=1S/C23H31N3O3.C14H26FNO3/c1-3-29-23(28)20-14-16-13-17(9-10-19(16)25-20)24-22(27)21-18(11-12-26(21)2)15-7-5-4-6-8-15;1-5-11(10-17)7-6-8-12(9-15)16-13(18)19-14(2,3)4/h9-10,13-15,18,21,25H,3-8,11-12H2,1-2H3,(H,24,27);10-12H,5-9H2,1-4H3,(H,16,18). The second-order valence-electron chi connectivity index (χ2n) is 14.2. The SMILES string of the molecule is CCC(C=O)CCCC(CF)NC(=O)OC(C)(C)C.CCOC(=O)c1cc2cc(NC(=O)C3C(C4CCCCC4)CCN3C)ccc2[nH]1. The van der Waals surface area contributed by atoms with E-state index in [1.807, 2.05) is 25.1 Å². The van der Waals surface area contributed by atoms with Gasteiger partial charge < -0.3 is 29.9 Å². The zero-order chi connectivity index (χ0) is 35.3. The van der Waals surface area contributed by atoms with E-state index in [4.69, 9.17) is 9.47 Å². The highest BCUT2D eigenvalue weighted by Gasteiger charge is 2.41. The molecule has 4 atom stereocenters. The van der Waals surface area contributed by atoms with Gasteiger partial charge in [-0.3, -0.25) is 9.69 Å². The molecule has 3 N–H and O–H groups in total. The summed E-state index contributed by atoms with van der Waals surface area (Å²) in [7, 11) is 2.06. The number of nitrogens with one attached hydrogen (secondary N) is 3. The number of rotatable bonds is 13. The predicted octanol–water partition coefficient (Wildman–Crippen LogP) is 7.43. The Bertz CT molecular complexity index is 1330. The van der Waals surface area contributed by atoms with Crippen molar-refractivity contribution in [3.8, 4) is 0 Å². The molecule has 2 aliphatic rings. The molecule has 1 aromatic carbocycles. The number of hydrogen-bond acceptors (Lipinski definition) is 7. The molecule has 2 amide bonds. The number of alkyl halides is 1. The summed E-state index contributed by atoms with van der Waals surface area (Å²) < 4.78 is 22.9. The average molecular weight is 673 g/mol. The molecule has 1 aromatic heterocycles. The van der Waals surface area contributed by atoms with Crippen molar-refractivity contribution in [2.45, 2.75) is 117 Å². The number of halogens is 1. The molecule has 48 heavy (non-hydrogen) atoms. The van der Waals surface area contributed by atoms with Crippen LogP contribution in [0.25, 0.3) is 10.9 Å². The van der Waals surface area contributed by atoms with Gasteiger partial charge in [-0.2, -0.15) is 0 Å². The summed E-state index contributed by atoms with van der Waals surface area (Å²) in [6, 6.07) is 6.86. The van der Waals surface area contributed by atoms with Crippen LogP contribution in [0.5, 0.6) is 0 Å². The van der Waals surface area contributed by atoms with Crippen LogP contribution in [-0.2, 0) is 19.1 Å². The van der Waals surface area contributed by atoms with Crippen LogP contribution >= 0.6 is 0 Å². The van der Waals surface area contributed by atoms with Crippen molar-refractivity contribution < 1.29 is 33.0 Å². The van der Waals surface area contributed by atoms with E-state index < -0.39 is 24.4 Å². The van der Waals surface area contributed by atoms with Gasteiger partial charge in [-0.15, -0.1) is 0 Å². The van der Waals surface area contributed by atoms with Crippen LogP contribution in [-0.4, -0.2) is 78.7 Å². The lowest BCUT2D eigenvalue weighted by molar-refractivity contribution is -0.121. The molecule has 10 nitrogen and oxygen atoms in total. The minimum atomic E-state index is -0.628. The van der Waals surface area contributed by atoms with Crippen LogP contribution in [0, 0.1) is 17.8 Å². The Morgan fingerprint density at radius 2 is 1.81 bits per heavy atom. The monoisotopic (exact) mass is 672 g/mol. The number of carbonyl (C=O) groups is 4. The lowest BCUT2D eigenvalue weighted by Crippen LogP contribution is -2.43. The maximum absolute atomic E-state index is 13.2. The topological polar surface area (TPSA) is 130 Å². The largest absolute Gasteiger partial charge is 0.461 e. The van der Waals surface area contributed by atoms with Gasteiger partial charge in [0.05, 0.1) is 18.7 Å². The Morgan fingerprint density at radius 1 is 1.08 bits per heavy atom. The van der Waals surface area contributed by atoms with Gasteiger partial charge >= 0.3 is 12.1 Å². The van der Waals surface area contributed by atoms with E-state index >= 15 is 0 Å². The molecular weight excluding hydrogens is 615 g/mol. The molecule has 1 aliphatic heterocycles. The molecule has 0 radical (unpaired) electrons. The minimum absolute atomic E-state index is 0.0294. The minimum Gasteiger partial charge on any atom is -0.461 e. The van der Waals surface area contributed by atoms with E-state index in [1.165, 1.54) is 32.1 Å². The zero-order valence-corrected chi connectivity index (χ0v) is 29.7. The molecule has 0 bridgehead atoms. The van der Waals surface area contributed by atoms with Gasteiger partial charge in [0.15, 0.2) is 0 Å². The summed E-state index contributed by atoms with van der Waals surface area (Å²) in [5.74, 6) is 0.871. The van der Waals surface area contributed by atoms with Crippen LogP contribution in [0.15, 0.2) is 24.3 Å². The zero-order valence-electron chi connectivity index (χ0n) is 29.7. The van der Waals surface area contributed by atoms with Crippen LogP contribution in [0.3, 0.4) is 0 Å². The molecule has 4 rings (SSSR count). The van der Waals surface area contributed by atoms with Crippen molar-refractivity contribution in [3.05, 3.63) is 30.0 Å². The average Bonchev–Trinajstić information content (AvgIpc) is 3.66. The number of aromatic amines is 1. The number of fused-ring (bicyclic) bond motifs is 1. The van der Waals surface area contributed by atoms with Crippen LogP contribution in [0.1, 0.15) is 109 Å². The van der Waals surface area contributed by atoms with Crippen LogP contribution in [0.2, 0.25) is 0 Å². The Morgan fingerprint density at radius 3 is 2.44 bits per heavy atom. The number of carbonyl (C=O) groups excluding carboxylic acids is 4. The number of likely N-dealkylation sites (tertiary alicyclic amines) is 1. The second-order valence-corrected chi connectivity index (χ2v) is 14.2. The second kappa shape index (κ2) is 18.9.